The van der Waals surface area contributed by atoms with Crippen LogP contribution >= 0.6 is 11.3 Å². The number of aromatic nitrogens is 1. The van der Waals surface area contributed by atoms with Crippen LogP contribution in [0.15, 0.2) is 87.8 Å². The summed E-state index contributed by atoms with van der Waals surface area (Å²) in [5, 5.41) is 8.99. The highest BCUT2D eigenvalue weighted by atomic mass is 32.1. The van der Waals surface area contributed by atoms with Gasteiger partial charge in [-0.2, -0.15) is 5.26 Å². The van der Waals surface area contributed by atoms with Gasteiger partial charge in [-0.25, -0.2) is 14.6 Å². The van der Waals surface area contributed by atoms with E-state index in [9.17, 15) is 14.4 Å². The molecule has 3 aromatic carbocycles. The summed E-state index contributed by atoms with van der Waals surface area (Å²) in [6, 6.07) is 20.8. The summed E-state index contributed by atoms with van der Waals surface area (Å²) in [5.41, 5.74) is 3.19. The summed E-state index contributed by atoms with van der Waals surface area (Å²) in [6.07, 6.45) is 1.77. The van der Waals surface area contributed by atoms with Crippen molar-refractivity contribution in [2.75, 3.05) is 26.9 Å². The summed E-state index contributed by atoms with van der Waals surface area (Å²) >= 11 is 1.21. The molecule has 12 heteroatoms. The molecule has 1 aromatic heterocycles. The van der Waals surface area contributed by atoms with Crippen molar-refractivity contribution in [3.63, 3.8) is 0 Å². The molecule has 0 N–H and O–H groups in total. The molecule has 5 rings (SSSR count). The molecule has 0 unspecified atom stereocenters. The van der Waals surface area contributed by atoms with E-state index in [1.165, 1.54) is 23.0 Å². The molecule has 11 nitrogen and oxygen atoms in total. The maximum absolute atomic E-state index is 14.0. The number of carbonyl (C=O) groups excluding carboxylic acids is 2. The van der Waals surface area contributed by atoms with E-state index in [1.807, 2.05) is 43.3 Å². The van der Waals surface area contributed by atoms with Gasteiger partial charge >= 0.3 is 11.9 Å². The summed E-state index contributed by atoms with van der Waals surface area (Å²) in [4.78, 5) is 44.1. The highest BCUT2D eigenvalue weighted by molar-refractivity contribution is 7.07. The smallest absolute Gasteiger partial charge is 0.343 e. The molecule has 0 spiro atoms. The van der Waals surface area contributed by atoms with Crippen molar-refractivity contribution in [3.05, 3.63) is 120 Å². The van der Waals surface area contributed by atoms with Crippen molar-refractivity contribution >= 4 is 29.4 Å². The van der Waals surface area contributed by atoms with Crippen molar-refractivity contribution in [1.29, 1.82) is 5.26 Å². The Morgan fingerprint density at radius 3 is 2.40 bits per heavy atom. The second-order valence-electron chi connectivity index (χ2n) is 10.5. The Bertz CT molecular complexity index is 2070. The third-order valence-corrected chi connectivity index (χ3v) is 8.32. The molecular weight excluding hydrogens is 634 g/mol. The van der Waals surface area contributed by atoms with Crippen molar-refractivity contribution in [1.82, 2.24) is 4.57 Å². The Kier molecular flexibility index (Phi) is 10.7. The van der Waals surface area contributed by atoms with Gasteiger partial charge in [0.05, 0.1) is 53.8 Å². The molecule has 1 aliphatic heterocycles. The molecule has 1 aliphatic rings. The van der Waals surface area contributed by atoms with Gasteiger partial charge in [0.15, 0.2) is 22.9 Å². The fourth-order valence-electron chi connectivity index (χ4n) is 5.04. The molecule has 246 valence electrons. The van der Waals surface area contributed by atoms with Crippen molar-refractivity contribution < 1.29 is 33.3 Å². The van der Waals surface area contributed by atoms with E-state index in [-0.39, 0.29) is 24.3 Å². The van der Waals surface area contributed by atoms with Gasteiger partial charge in [0, 0.05) is 0 Å². The lowest BCUT2D eigenvalue weighted by Crippen LogP contribution is -2.40. The molecule has 48 heavy (non-hydrogen) atoms. The first-order valence-electron chi connectivity index (χ1n) is 15.1. The standard InChI is InChI=1S/C36H33N3O8S/c1-5-44-29-18-26(13-16-28(29)47-21-31(40)43-4)33-32(35(42)45-6-2)22(3)38-36-39(33)34(41)30(48-36)17-23-11-14-27(15-12-23)46-20-25-9-7-24(19-37)8-10-25/h7-18,33H,5-6,20-21H2,1-4H3/b30-17+/t33-/m1/s1. The Hall–Kier alpha value is -5.67. The van der Waals surface area contributed by atoms with Crippen LogP contribution < -0.4 is 29.1 Å². The van der Waals surface area contributed by atoms with E-state index < -0.39 is 18.0 Å². The van der Waals surface area contributed by atoms with E-state index >= 15 is 0 Å². The van der Waals surface area contributed by atoms with E-state index in [0.29, 0.717) is 56.6 Å². The van der Waals surface area contributed by atoms with Gasteiger partial charge in [0.1, 0.15) is 12.4 Å². The van der Waals surface area contributed by atoms with E-state index in [0.717, 1.165) is 11.1 Å². The lowest BCUT2D eigenvalue weighted by Gasteiger charge is -2.25. The number of nitriles is 1. The molecule has 0 bridgehead atoms. The van der Waals surface area contributed by atoms with Gasteiger partial charge in [0.2, 0.25) is 0 Å². The van der Waals surface area contributed by atoms with Crippen LogP contribution in [0, 0.1) is 11.3 Å². The quantitative estimate of drug-likeness (QED) is 0.204. The maximum atomic E-state index is 14.0. The van der Waals surface area contributed by atoms with E-state index in [1.54, 1.807) is 50.3 Å². The predicted molar refractivity (Wildman–Crippen MR) is 177 cm³/mol. The summed E-state index contributed by atoms with van der Waals surface area (Å²) in [7, 11) is 1.27. The van der Waals surface area contributed by atoms with E-state index in [2.05, 4.69) is 15.8 Å². The average molecular weight is 668 g/mol. The first kappa shape index (κ1) is 33.7. The monoisotopic (exact) mass is 667 g/mol. The molecule has 0 fully saturated rings. The third-order valence-electron chi connectivity index (χ3n) is 7.34. The number of hydrogen-bond acceptors (Lipinski definition) is 11. The number of rotatable bonds is 12. The second kappa shape index (κ2) is 15.3. The van der Waals surface area contributed by atoms with Gasteiger partial charge < -0.3 is 23.7 Å². The minimum absolute atomic E-state index is 0.143. The van der Waals surface area contributed by atoms with Crippen molar-refractivity contribution in [2.45, 2.75) is 33.4 Å². The fraction of sp³-hybridized carbons (Fsp3) is 0.250. The van der Waals surface area contributed by atoms with Crippen LogP contribution in [0.1, 0.15) is 49.1 Å². The maximum Gasteiger partial charge on any atom is 0.343 e. The fourth-order valence-corrected chi connectivity index (χ4v) is 6.09. The lowest BCUT2D eigenvalue weighted by molar-refractivity contribution is -0.143. The zero-order chi connectivity index (χ0) is 34.2. The first-order chi connectivity index (χ1) is 23.3. The minimum Gasteiger partial charge on any atom is -0.490 e. The van der Waals surface area contributed by atoms with E-state index in [4.69, 9.17) is 24.2 Å². The second-order valence-corrected chi connectivity index (χ2v) is 11.5. The van der Waals surface area contributed by atoms with Crippen molar-refractivity contribution in [2.24, 2.45) is 4.99 Å². The molecule has 4 aromatic rings. The van der Waals surface area contributed by atoms with Crippen LogP contribution in [-0.4, -0.2) is 43.4 Å². The summed E-state index contributed by atoms with van der Waals surface area (Å²) in [5.74, 6) is 0.152. The minimum atomic E-state index is -0.866. The number of fused-ring (bicyclic) bond motifs is 1. The van der Waals surface area contributed by atoms with Crippen LogP contribution in [0.4, 0.5) is 0 Å². The Balaban J connectivity index is 1.50. The molecular formula is C36H33N3O8S. The first-order valence-corrected chi connectivity index (χ1v) is 16.0. The number of benzene rings is 3. The van der Waals surface area contributed by atoms with Gasteiger partial charge in [-0.3, -0.25) is 9.36 Å². The number of ether oxygens (including phenoxy) is 5. The summed E-state index contributed by atoms with van der Waals surface area (Å²) in [6.45, 7) is 5.70. The van der Waals surface area contributed by atoms with Gasteiger partial charge in [0.25, 0.3) is 5.56 Å². The van der Waals surface area contributed by atoms with Gasteiger partial charge in [-0.1, -0.05) is 41.7 Å². The number of nitrogens with zero attached hydrogens (tertiary/aromatic N) is 3. The van der Waals surface area contributed by atoms with Crippen molar-refractivity contribution in [3.8, 4) is 23.3 Å². The number of carbonyl (C=O) groups is 2. The molecule has 0 saturated heterocycles. The molecule has 0 saturated carbocycles. The number of hydrogen-bond donors (Lipinski definition) is 0. The normalized spacial score (nSPS) is 14.0. The highest BCUT2D eigenvalue weighted by Gasteiger charge is 2.34. The van der Waals surface area contributed by atoms with Crippen LogP contribution in [-0.2, 0) is 25.7 Å². The third kappa shape index (κ3) is 7.48. The number of esters is 2. The van der Waals surface area contributed by atoms with Gasteiger partial charge in [-0.15, -0.1) is 0 Å². The lowest BCUT2D eigenvalue weighted by atomic mass is 9.95. The molecule has 0 aliphatic carbocycles. The molecule has 2 heterocycles. The Morgan fingerprint density at radius 2 is 1.73 bits per heavy atom. The SMILES string of the molecule is CCOC(=O)C1=C(C)N=c2s/c(=C/c3ccc(OCc4ccc(C#N)cc4)cc3)c(=O)n2[C@@H]1c1ccc(OCC(=O)OC)c(OCC)c1. The molecule has 1 atom stereocenters. The largest absolute Gasteiger partial charge is 0.490 e. The molecule has 0 amide bonds. The zero-order valence-corrected chi connectivity index (χ0v) is 27.7. The topological polar surface area (TPSA) is 138 Å². The van der Waals surface area contributed by atoms with Crippen LogP contribution in [0.25, 0.3) is 6.08 Å². The average Bonchev–Trinajstić information content (AvgIpc) is 3.40. The summed E-state index contributed by atoms with van der Waals surface area (Å²) < 4.78 is 29.3. The predicted octanol–water partition coefficient (Wildman–Crippen LogP) is 4.20. The Morgan fingerprint density at radius 1 is 0.979 bits per heavy atom. The van der Waals surface area contributed by atoms with Crippen LogP contribution in [0.2, 0.25) is 0 Å². The number of methoxy groups -OCH3 is 1. The number of thiazole rings is 1. The Labute approximate surface area is 280 Å². The zero-order valence-electron chi connectivity index (χ0n) is 26.8. The van der Waals surface area contributed by atoms with Gasteiger partial charge in [-0.05, 0) is 79.9 Å². The van der Waals surface area contributed by atoms with Crippen LogP contribution in [0.5, 0.6) is 17.2 Å². The molecule has 0 radical (unpaired) electrons. The highest BCUT2D eigenvalue weighted by Crippen LogP contribution is 2.36. The number of allylic oxidation sites excluding steroid dienone is 1. The van der Waals surface area contributed by atoms with Crippen LogP contribution in [0.3, 0.4) is 0 Å².